The molecule has 1 nitrogen and oxygen atoms in total. The quantitative estimate of drug-likeness (QED) is 0.690. The molecule has 0 unspecified atom stereocenters. The molecule has 1 heterocycles. The second kappa shape index (κ2) is 3.65. The summed E-state index contributed by atoms with van der Waals surface area (Å²) in [5.74, 6) is 1.14. The van der Waals surface area contributed by atoms with Crippen molar-refractivity contribution in [3.8, 4) is 0 Å². The summed E-state index contributed by atoms with van der Waals surface area (Å²) in [4.78, 5) is 0. The van der Waals surface area contributed by atoms with Crippen LogP contribution in [0.2, 0.25) is 0 Å². The maximum absolute atomic E-state index is 5.52. The Kier molecular flexibility index (Phi) is 2.35. The number of hydrogen-bond donors (Lipinski definition) is 0. The SMILES string of the molecule is CCCCc1occ2ccccc12. The largest absolute Gasteiger partial charge is 0.468 e. The van der Waals surface area contributed by atoms with E-state index >= 15 is 0 Å². The third kappa shape index (κ3) is 1.59. The lowest BCUT2D eigenvalue weighted by molar-refractivity contribution is 0.506. The normalized spacial score (nSPS) is 10.8. The monoisotopic (exact) mass is 174 g/mol. The lowest BCUT2D eigenvalue weighted by Crippen LogP contribution is -1.80. The third-order valence-electron chi connectivity index (χ3n) is 2.35. The molecule has 0 aliphatic heterocycles. The fourth-order valence-electron chi connectivity index (χ4n) is 1.58. The van der Waals surface area contributed by atoms with Crippen molar-refractivity contribution in [2.45, 2.75) is 26.2 Å². The Balaban J connectivity index is 2.35. The highest BCUT2D eigenvalue weighted by molar-refractivity contribution is 5.83. The number of benzene rings is 1. The molecular weight excluding hydrogens is 160 g/mol. The average molecular weight is 174 g/mol. The summed E-state index contributed by atoms with van der Waals surface area (Å²) < 4.78 is 5.52. The van der Waals surface area contributed by atoms with Gasteiger partial charge in [0.15, 0.2) is 0 Å². The highest BCUT2D eigenvalue weighted by Crippen LogP contribution is 2.21. The Morgan fingerprint density at radius 3 is 2.92 bits per heavy atom. The van der Waals surface area contributed by atoms with Gasteiger partial charge in [0.25, 0.3) is 0 Å². The zero-order chi connectivity index (χ0) is 9.10. The highest BCUT2D eigenvalue weighted by atomic mass is 16.3. The van der Waals surface area contributed by atoms with Gasteiger partial charge < -0.3 is 4.42 Å². The van der Waals surface area contributed by atoms with E-state index in [4.69, 9.17) is 4.42 Å². The predicted octanol–water partition coefficient (Wildman–Crippen LogP) is 3.78. The van der Waals surface area contributed by atoms with Crippen LogP contribution in [0.4, 0.5) is 0 Å². The summed E-state index contributed by atoms with van der Waals surface area (Å²) in [6.07, 6.45) is 5.33. The van der Waals surface area contributed by atoms with Crippen LogP contribution in [0.3, 0.4) is 0 Å². The van der Waals surface area contributed by atoms with Gasteiger partial charge in [-0.3, -0.25) is 0 Å². The molecule has 1 aromatic carbocycles. The standard InChI is InChI=1S/C12H14O/c1-2-3-8-12-11-7-5-4-6-10(11)9-13-12/h4-7,9H,2-3,8H2,1H3. The molecule has 13 heavy (non-hydrogen) atoms. The Morgan fingerprint density at radius 1 is 1.23 bits per heavy atom. The third-order valence-corrected chi connectivity index (χ3v) is 2.35. The molecule has 0 aliphatic rings. The van der Waals surface area contributed by atoms with Gasteiger partial charge >= 0.3 is 0 Å². The average Bonchev–Trinajstić information content (AvgIpc) is 2.58. The van der Waals surface area contributed by atoms with Gasteiger partial charge in [0.2, 0.25) is 0 Å². The maximum Gasteiger partial charge on any atom is 0.111 e. The lowest BCUT2D eigenvalue weighted by Gasteiger charge is -1.94. The molecule has 0 fully saturated rings. The van der Waals surface area contributed by atoms with Gasteiger partial charge in [-0.2, -0.15) is 0 Å². The van der Waals surface area contributed by atoms with Crippen LogP contribution in [-0.2, 0) is 6.42 Å². The summed E-state index contributed by atoms with van der Waals surface area (Å²) in [6.45, 7) is 2.20. The smallest absolute Gasteiger partial charge is 0.111 e. The summed E-state index contributed by atoms with van der Waals surface area (Å²) in [5, 5.41) is 2.49. The van der Waals surface area contributed by atoms with E-state index in [2.05, 4.69) is 25.1 Å². The number of hydrogen-bond acceptors (Lipinski definition) is 1. The van der Waals surface area contributed by atoms with Crippen molar-refractivity contribution in [3.63, 3.8) is 0 Å². The molecule has 0 radical (unpaired) electrons. The molecule has 0 N–H and O–H groups in total. The molecule has 2 rings (SSSR count). The number of fused-ring (bicyclic) bond motifs is 1. The van der Waals surface area contributed by atoms with Crippen LogP contribution in [0.15, 0.2) is 34.9 Å². The van der Waals surface area contributed by atoms with E-state index in [9.17, 15) is 0 Å². The van der Waals surface area contributed by atoms with Crippen LogP contribution in [-0.4, -0.2) is 0 Å². The van der Waals surface area contributed by atoms with E-state index in [-0.39, 0.29) is 0 Å². The van der Waals surface area contributed by atoms with E-state index < -0.39 is 0 Å². The molecule has 0 amide bonds. The van der Waals surface area contributed by atoms with E-state index in [1.807, 2.05) is 12.3 Å². The van der Waals surface area contributed by atoms with E-state index in [1.54, 1.807) is 0 Å². The summed E-state index contributed by atoms with van der Waals surface area (Å²) in [5.41, 5.74) is 0. The van der Waals surface area contributed by atoms with Crippen LogP contribution in [0, 0.1) is 0 Å². The minimum atomic E-state index is 1.06. The van der Waals surface area contributed by atoms with E-state index in [1.165, 1.54) is 23.6 Å². The van der Waals surface area contributed by atoms with Crippen LogP contribution >= 0.6 is 0 Å². The Bertz CT molecular complexity index is 387. The number of rotatable bonds is 3. The van der Waals surface area contributed by atoms with Gasteiger partial charge in [-0.05, 0) is 6.42 Å². The molecule has 1 aromatic heterocycles. The molecule has 0 bridgehead atoms. The van der Waals surface area contributed by atoms with Gasteiger partial charge in [-0.25, -0.2) is 0 Å². The van der Waals surface area contributed by atoms with Crippen molar-refractivity contribution >= 4 is 10.8 Å². The topological polar surface area (TPSA) is 13.1 Å². The van der Waals surface area contributed by atoms with Crippen LogP contribution in [0.5, 0.6) is 0 Å². The summed E-state index contributed by atoms with van der Waals surface area (Å²) in [7, 11) is 0. The Hall–Kier alpha value is -1.24. The molecule has 2 aromatic rings. The van der Waals surface area contributed by atoms with Gasteiger partial charge in [0.1, 0.15) is 5.76 Å². The summed E-state index contributed by atoms with van der Waals surface area (Å²) >= 11 is 0. The van der Waals surface area contributed by atoms with Crippen molar-refractivity contribution in [2.75, 3.05) is 0 Å². The molecule has 0 spiro atoms. The fraction of sp³-hybridized carbons (Fsp3) is 0.333. The maximum atomic E-state index is 5.52. The van der Waals surface area contributed by atoms with Gasteiger partial charge in [-0.15, -0.1) is 0 Å². The number of aryl methyl sites for hydroxylation is 1. The van der Waals surface area contributed by atoms with E-state index in [0.29, 0.717) is 0 Å². The second-order valence-electron chi connectivity index (χ2n) is 3.35. The summed E-state index contributed by atoms with van der Waals surface area (Å²) in [6, 6.07) is 8.33. The van der Waals surface area contributed by atoms with Crippen molar-refractivity contribution in [1.29, 1.82) is 0 Å². The van der Waals surface area contributed by atoms with Crippen molar-refractivity contribution in [3.05, 3.63) is 36.3 Å². The lowest BCUT2D eigenvalue weighted by atomic mass is 10.1. The molecule has 0 aliphatic carbocycles. The molecule has 0 saturated heterocycles. The van der Waals surface area contributed by atoms with Gasteiger partial charge in [0, 0.05) is 17.2 Å². The highest BCUT2D eigenvalue weighted by Gasteiger charge is 2.03. The van der Waals surface area contributed by atoms with Crippen molar-refractivity contribution in [2.24, 2.45) is 0 Å². The fourth-order valence-corrected chi connectivity index (χ4v) is 1.58. The molecule has 0 saturated carbocycles. The predicted molar refractivity (Wildman–Crippen MR) is 54.8 cm³/mol. The number of furan rings is 1. The van der Waals surface area contributed by atoms with Gasteiger partial charge in [0.05, 0.1) is 6.26 Å². The molecular formula is C12H14O. The molecule has 68 valence electrons. The minimum absolute atomic E-state index is 1.06. The second-order valence-corrected chi connectivity index (χ2v) is 3.35. The Labute approximate surface area is 78.4 Å². The zero-order valence-electron chi connectivity index (χ0n) is 7.92. The van der Waals surface area contributed by atoms with Crippen LogP contribution < -0.4 is 0 Å². The van der Waals surface area contributed by atoms with Gasteiger partial charge in [-0.1, -0.05) is 37.6 Å². The first-order valence-corrected chi connectivity index (χ1v) is 4.87. The first kappa shape index (κ1) is 8.36. The van der Waals surface area contributed by atoms with Crippen LogP contribution in [0.1, 0.15) is 25.5 Å². The number of unbranched alkanes of at least 4 members (excludes halogenated alkanes) is 1. The minimum Gasteiger partial charge on any atom is -0.468 e. The first-order chi connectivity index (χ1) is 6.42. The van der Waals surface area contributed by atoms with E-state index in [0.717, 1.165) is 12.2 Å². The Morgan fingerprint density at radius 2 is 2.08 bits per heavy atom. The van der Waals surface area contributed by atoms with Crippen molar-refractivity contribution in [1.82, 2.24) is 0 Å². The zero-order valence-corrected chi connectivity index (χ0v) is 7.92. The molecule has 0 atom stereocenters. The molecule has 1 heteroatoms. The van der Waals surface area contributed by atoms with Crippen LogP contribution in [0.25, 0.3) is 10.8 Å². The van der Waals surface area contributed by atoms with Crippen molar-refractivity contribution < 1.29 is 4.42 Å². The first-order valence-electron chi connectivity index (χ1n) is 4.87.